The number of amides is 3. The van der Waals surface area contributed by atoms with E-state index < -0.39 is 6.03 Å². The molecule has 3 rings (SSSR count). The summed E-state index contributed by atoms with van der Waals surface area (Å²) in [6.45, 7) is 5.68. The summed E-state index contributed by atoms with van der Waals surface area (Å²) < 4.78 is 0. The van der Waals surface area contributed by atoms with E-state index >= 15 is 0 Å². The Kier molecular flexibility index (Phi) is 5.96. The lowest BCUT2D eigenvalue weighted by atomic mass is 10.1. The zero-order valence-electron chi connectivity index (χ0n) is 15.6. The van der Waals surface area contributed by atoms with Crippen LogP contribution in [-0.2, 0) is 0 Å². The van der Waals surface area contributed by atoms with E-state index in [-0.39, 0.29) is 5.91 Å². The molecule has 8 heteroatoms. The van der Waals surface area contributed by atoms with Crippen molar-refractivity contribution in [3.8, 4) is 0 Å². The summed E-state index contributed by atoms with van der Waals surface area (Å²) in [5.74, 6) is -0.261. The summed E-state index contributed by atoms with van der Waals surface area (Å²) >= 11 is 7.02. The Morgan fingerprint density at radius 1 is 0.929 bits per heavy atom. The summed E-state index contributed by atoms with van der Waals surface area (Å²) in [5, 5.41) is 9.05. The Balaban J connectivity index is 1.68. The van der Waals surface area contributed by atoms with Crippen LogP contribution in [0.5, 0.6) is 0 Å². The van der Waals surface area contributed by atoms with Crippen molar-refractivity contribution in [1.82, 2.24) is 4.98 Å². The minimum absolute atomic E-state index is 0.261. The number of benzene rings is 2. The lowest BCUT2D eigenvalue weighted by Gasteiger charge is -2.06. The smallest absolute Gasteiger partial charge is 0.321 e. The number of carbonyl (C=O) groups excluding carboxylic acids is 2. The summed E-state index contributed by atoms with van der Waals surface area (Å²) in [6, 6.07) is 12.2. The molecule has 0 spiro atoms. The minimum atomic E-state index is -0.461. The van der Waals surface area contributed by atoms with Crippen LogP contribution in [0.3, 0.4) is 0 Å². The van der Waals surface area contributed by atoms with Crippen molar-refractivity contribution in [2.24, 2.45) is 0 Å². The first-order valence-corrected chi connectivity index (χ1v) is 9.70. The fourth-order valence-electron chi connectivity index (χ4n) is 2.72. The highest BCUT2D eigenvalue weighted by molar-refractivity contribution is 7.17. The maximum atomic E-state index is 12.6. The summed E-state index contributed by atoms with van der Waals surface area (Å²) in [5.41, 5.74) is 3.97. The van der Waals surface area contributed by atoms with Crippen LogP contribution in [-0.4, -0.2) is 16.9 Å². The number of nitrogens with zero attached hydrogens (tertiary/aromatic N) is 1. The van der Waals surface area contributed by atoms with Crippen molar-refractivity contribution >= 4 is 51.4 Å². The van der Waals surface area contributed by atoms with E-state index in [0.29, 0.717) is 26.4 Å². The van der Waals surface area contributed by atoms with Crippen LogP contribution in [0, 0.1) is 20.8 Å². The second-order valence-electron chi connectivity index (χ2n) is 6.35. The third-order valence-corrected chi connectivity index (χ3v) is 5.09. The number of halogens is 1. The van der Waals surface area contributed by atoms with Crippen molar-refractivity contribution in [2.45, 2.75) is 20.8 Å². The zero-order chi connectivity index (χ0) is 20.3. The van der Waals surface area contributed by atoms with E-state index in [1.807, 2.05) is 32.0 Å². The lowest BCUT2D eigenvalue weighted by Crippen LogP contribution is -2.19. The van der Waals surface area contributed by atoms with Crippen molar-refractivity contribution in [3.63, 3.8) is 0 Å². The summed E-state index contributed by atoms with van der Waals surface area (Å²) in [4.78, 5) is 29.5. The fourth-order valence-corrected chi connectivity index (χ4v) is 3.77. The fraction of sp³-hybridized carbons (Fsp3) is 0.150. The van der Waals surface area contributed by atoms with Gasteiger partial charge in [-0.15, -0.1) is 0 Å². The van der Waals surface area contributed by atoms with E-state index in [0.717, 1.165) is 28.2 Å². The second kappa shape index (κ2) is 8.41. The molecule has 6 nitrogen and oxygen atoms in total. The summed E-state index contributed by atoms with van der Waals surface area (Å²) in [7, 11) is 0. The van der Waals surface area contributed by atoms with Crippen LogP contribution in [0.1, 0.15) is 26.5 Å². The van der Waals surface area contributed by atoms with Crippen molar-refractivity contribution in [3.05, 3.63) is 69.2 Å². The van der Waals surface area contributed by atoms with Crippen LogP contribution in [0.25, 0.3) is 0 Å². The third-order valence-electron chi connectivity index (χ3n) is 3.79. The Morgan fingerprint density at radius 2 is 1.64 bits per heavy atom. The SMILES string of the molecule is Cc1cc(C)cc(NC(=O)c2sc(NC(=O)Nc3cccc(Cl)c3)nc2C)c1. The third kappa shape index (κ3) is 5.09. The first kappa shape index (κ1) is 19.9. The van der Waals surface area contributed by atoms with E-state index in [4.69, 9.17) is 11.6 Å². The molecule has 1 aromatic heterocycles. The van der Waals surface area contributed by atoms with Gasteiger partial charge in [0.1, 0.15) is 4.88 Å². The van der Waals surface area contributed by atoms with Gasteiger partial charge in [0.2, 0.25) is 0 Å². The molecule has 0 aliphatic carbocycles. The predicted molar refractivity (Wildman–Crippen MR) is 115 cm³/mol. The van der Waals surface area contributed by atoms with Gasteiger partial charge in [-0.25, -0.2) is 9.78 Å². The van der Waals surface area contributed by atoms with Crippen molar-refractivity contribution in [1.29, 1.82) is 0 Å². The average molecular weight is 415 g/mol. The predicted octanol–water partition coefficient (Wildman–Crippen LogP) is 5.62. The van der Waals surface area contributed by atoms with Gasteiger partial charge in [-0.3, -0.25) is 10.1 Å². The minimum Gasteiger partial charge on any atom is -0.321 e. The molecule has 0 fully saturated rings. The number of urea groups is 1. The molecule has 28 heavy (non-hydrogen) atoms. The number of rotatable bonds is 4. The number of nitrogens with one attached hydrogen (secondary N) is 3. The van der Waals surface area contributed by atoms with Gasteiger partial charge < -0.3 is 10.6 Å². The number of aromatic nitrogens is 1. The molecule has 3 amide bonds. The molecule has 0 radical (unpaired) electrons. The highest BCUT2D eigenvalue weighted by Gasteiger charge is 2.17. The zero-order valence-corrected chi connectivity index (χ0v) is 17.2. The molecular formula is C20H19ClN4O2S. The Bertz CT molecular complexity index is 1030. The Morgan fingerprint density at radius 3 is 2.32 bits per heavy atom. The topological polar surface area (TPSA) is 83.1 Å². The molecule has 0 aliphatic rings. The quantitative estimate of drug-likeness (QED) is 0.518. The molecule has 0 saturated carbocycles. The number of thiazole rings is 1. The van der Waals surface area contributed by atoms with E-state index in [1.165, 1.54) is 0 Å². The molecular weight excluding hydrogens is 396 g/mol. The average Bonchev–Trinajstić information content (AvgIpc) is 2.94. The maximum Gasteiger partial charge on any atom is 0.325 e. The lowest BCUT2D eigenvalue weighted by molar-refractivity contribution is 0.103. The molecule has 0 bridgehead atoms. The van der Waals surface area contributed by atoms with Crippen LogP contribution in [0.2, 0.25) is 5.02 Å². The number of anilines is 3. The largest absolute Gasteiger partial charge is 0.325 e. The number of aryl methyl sites for hydroxylation is 3. The Hall–Kier alpha value is -2.90. The number of hydrogen-bond donors (Lipinski definition) is 3. The van der Waals surface area contributed by atoms with Gasteiger partial charge >= 0.3 is 6.03 Å². The van der Waals surface area contributed by atoms with E-state index in [1.54, 1.807) is 31.2 Å². The molecule has 3 aromatic rings. The second-order valence-corrected chi connectivity index (χ2v) is 7.79. The molecule has 144 valence electrons. The Labute approximate surface area is 172 Å². The van der Waals surface area contributed by atoms with Gasteiger partial charge in [-0.05, 0) is 62.2 Å². The molecule has 1 heterocycles. The monoisotopic (exact) mass is 414 g/mol. The van der Waals surface area contributed by atoms with Gasteiger partial charge in [0.15, 0.2) is 5.13 Å². The highest BCUT2D eigenvalue weighted by Crippen LogP contribution is 2.25. The van der Waals surface area contributed by atoms with Crippen LogP contribution in [0.4, 0.5) is 21.3 Å². The van der Waals surface area contributed by atoms with Crippen molar-refractivity contribution in [2.75, 3.05) is 16.0 Å². The van der Waals surface area contributed by atoms with Gasteiger partial charge in [0, 0.05) is 16.4 Å². The summed E-state index contributed by atoms with van der Waals surface area (Å²) in [6.07, 6.45) is 0. The molecule has 0 atom stereocenters. The van der Waals surface area contributed by atoms with Crippen LogP contribution < -0.4 is 16.0 Å². The molecule has 0 unspecified atom stereocenters. The normalized spacial score (nSPS) is 10.4. The first-order chi connectivity index (χ1) is 13.3. The molecule has 2 aromatic carbocycles. The first-order valence-electron chi connectivity index (χ1n) is 8.51. The highest BCUT2D eigenvalue weighted by atomic mass is 35.5. The number of hydrogen-bond acceptors (Lipinski definition) is 4. The molecule has 0 saturated heterocycles. The maximum absolute atomic E-state index is 12.6. The van der Waals surface area contributed by atoms with Crippen molar-refractivity contribution < 1.29 is 9.59 Å². The van der Waals surface area contributed by atoms with Gasteiger partial charge in [0.05, 0.1) is 5.69 Å². The van der Waals surface area contributed by atoms with E-state index in [2.05, 4.69) is 20.9 Å². The number of carbonyl (C=O) groups is 2. The molecule has 3 N–H and O–H groups in total. The standard InChI is InChI=1S/C20H19ClN4O2S/c1-11-7-12(2)9-16(8-11)23-18(26)17-13(3)22-20(28-17)25-19(27)24-15-6-4-5-14(21)10-15/h4-10H,1-3H3,(H,23,26)(H2,22,24,25,27). The van der Waals surface area contributed by atoms with Crippen LogP contribution >= 0.6 is 22.9 Å². The van der Waals surface area contributed by atoms with E-state index in [9.17, 15) is 9.59 Å². The van der Waals surface area contributed by atoms with Gasteiger partial charge in [-0.1, -0.05) is 35.1 Å². The molecule has 0 aliphatic heterocycles. The van der Waals surface area contributed by atoms with Crippen LogP contribution in [0.15, 0.2) is 42.5 Å². The van der Waals surface area contributed by atoms with Gasteiger partial charge in [-0.2, -0.15) is 0 Å². The van der Waals surface area contributed by atoms with Gasteiger partial charge in [0.25, 0.3) is 5.91 Å².